The standard InChI is InChI=1S/C36H57N4O11PS/c1-8-11-12-13-30(41)40(24-50-52(45,46-6)47-7)29(21-26-14-16-27(17-15-26)48-22-28-23-49-35(44)51-28)32(42)39-31(25(4)10-3)33(43)38-20-19-36(5,18-9-2)34(37)53/h14-17,23,25,29,31H,8-13,18-22,24H2,1-7H3,(H2,37,53)(H,38,43)(H,39,42). The molecule has 0 bridgehead atoms. The molecule has 2 rings (SSSR count). The minimum Gasteiger partial charge on any atom is -0.486 e. The number of rotatable bonds is 26. The van der Waals surface area contributed by atoms with E-state index in [2.05, 4.69) is 15.1 Å². The lowest BCUT2D eigenvalue weighted by Crippen LogP contribution is -2.57. The van der Waals surface area contributed by atoms with Crippen LogP contribution in [0.4, 0.5) is 0 Å². The third-order valence-corrected chi connectivity index (χ3v) is 11.0. The molecule has 53 heavy (non-hydrogen) atoms. The van der Waals surface area contributed by atoms with Crippen LogP contribution in [0.25, 0.3) is 0 Å². The van der Waals surface area contributed by atoms with Crippen LogP contribution in [-0.2, 0) is 45.5 Å². The Morgan fingerprint density at radius 3 is 2.26 bits per heavy atom. The van der Waals surface area contributed by atoms with E-state index in [-0.39, 0.29) is 37.0 Å². The molecule has 4 unspecified atom stereocenters. The van der Waals surface area contributed by atoms with E-state index in [9.17, 15) is 23.7 Å². The number of amides is 3. The van der Waals surface area contributed by atoms with Crippen LogP contribution in [-0.4, -0.2) is 67.2 Å². The van der Waals surface area contributed by atoms with Crippen LogP contribution in [0.2, 0.25) is 0 Å². The zero-order valence-electron chi connectivity index (χ0n) is 32.0. The second kappa shape index (κ2) is 22.6. The number of carbonyl (C=O) groups excluding carboxylic acids is 3. The van der Waals surface area contributed by atoms with Crippen molar-refractivity contribution in [2.75, 3.05) is 27.5 Å². The summed E-state index contributed by atoms with van der Waals surface area (Å²) in [4.78, 5) is 54.6. The van der Waals surface area contributed by atoms with Gasteiger partial charge in [0.15, 0.2) is 5.76 Å². The van der Waals surface area contributed by atoms with Crippen LogP contribution < -0.4 is 26.9 Å². The Morgan fingerprint density at radius 1 is 1.04 bits per heavy atom. The van der Waals surface area contributed by atoms with Crippen molar-refractivity contribution in [1.29, 1.82) is 0 Å². The van der Waals surface area contributed by atoms with Crippen molar-refractivity contribution in [3.05, 3.63) is 52.5 Å². The molecule has 1 aromatic carbocycles. The monoisotopic (exact) mass is 784 g/mol. The van der Waals surface area contributed by atoms with Gasteiger partial charge in [-0.15, -0.1) is 0 Å². The topological polar surface area (TPSA) is 202 Å². The predicted molar refractivity (Wildman–Crippen MR) is 203 cm³/mol. The van der Waals surface area contributed by atoms with E-state index in [0.717, 1.165) is 46.2 Å². The Hall–Kier alpha value is -3.56. The van der Waals surface area contributed by atoms with Gasteiger partial charge in [0, 0.05) is 39.0 Å². The lowest BCUT2D eigenvalue weighted by atomic mass is 9.82. The molecule has 0 aliphatic carbocycles. The van der Waals surface area contributed by atoms with Gasteiger partial charge in [0.1, 0.15) is 37.4 Å². The van der Waals surface area contributed by atoms with Crippen LogP contribution in [0, 0.1) is 11.3 Å². The number of nitrogens with zero attached hydrogens (tertiary/aromatic N) is 1. The largest absolute Gasteiger partial charge is 0.518 e. The minimum atomic E-state index is -4.06. The summed E-state index contributed by atoms with van der Waals surface area (Å²) in [6.07, 6.45) is 6.17. The highest BCUT2D eigenvalue weighted by Gasteiger charge is 2.36. The number of ether oxygens (including phenoxy) is 1. The predicted octanol–water partition coefficient (Wildman–Crippen LogP) is 5.64. The van der Waals surface area contributed by atoms with Gasteiger partial charge in [-0.2, -0.15) is 0 Å². The van der Waals surface area contributed by atoms with E-state index in [0.29, 0.717) is 42.1 Å². The number of benzene rings is 1. The molecular weight excluding hydrogens is 727 g/mol. The highest BCUT2D eigenvalue weighted by molar-refractivity contribution is 7.80. The number of hydrogen-bond donors (Lipinski definition) is 3. The van der Waals surface area contributed by atoms with Crippen molar-refractivity contribution in [2.24, 2.45) is 17.1 Å². The van der Waals surface area contributed by atoms with E-state index in [1.807, 2.05) is 34.6 Å². The Bertz CT molecular complexity index is 1560. The van der Waals surface area contributed by atoms with Crippen molar-refractivity contribution in [3.63, 3.8) is 0 Å². The maximum atomic E-state index is 14.4. The summed E-state index contributed by atoms with van der Waals surface area (Å²) >= 11 is 5.31. The molecule has 0 fully saturated rings. The molecule has 2 aromatic rings. The Kier molecular flexibility index (Phi) is 19.5. The van der Waals surface area contributed by atoms with Crippen LogP contribution in [0.5, 0.6) is 5.75 Å². The number of hydrogen-bond acceptors (Lipinski definition) is 12. The van der Waals surface area contributed by atoms with E-state index in [4.69, 9.17) is 40.7 Å². The van der Waals surface area contributed by atoms with E-state index >= 15 is 0 Å². The van der Waals surface area contributed by atoms with Crippen LogP contribution in [0.1, 0.15) is 97.3 Å². The van der Waals surface area contributed by atoms with Crippen LogP contribution >= 0.6 is 20.0 Å². The zero-order valence-corrected chi connectivity index (χ0v) is 33.7. The summed E-state index contributed by atoms with van der Waals surface area (Å²) in [5.41, 5.74) is 6.24. The quantitative estimate of drug-likeness (QED) is 0.0459. The van der Waals surface area contributed by atoms with Gasteiger partial charge < -0.3 is 34.8 Å². The molecule has 0 aliphatic rings. The first-order valence-electron chi connectivity index (χ1n) is 18.0. The molecule has 1 aromatic heterocycles. The highest BCUT2D eigenvalue weighted by Crippen LogP contribution is 2.47. The van der Waals surface area contributed by atoms with Gasteiger partial charge in [0.25, 0.3) is 0 Å². The average molecular weight is 785 g/mol. The Morgan fingerprint density at radius 2 is 1.72 bits per heavy atom. The lowest BCUT2D eigenvalue weighted by Gasteiger charge is -2.34. The number of carbonyl (C=O) groups is 3. The number of unbranched alkanes of at least 4 members (excludes halogenated alkanes) is 2. The number of thiocarbonyl (C=S) groups is 1. The summed E-state index contributed by atoms with van der Waals surface area (Å²) < 4.78 is 43.5. The molecule has 1 heterocycles. The summed E-state index contributed by atoms with van der Waals surface area (Å²) in [6, 6.07) is 4.59. The molecule has 298 valence electrons. The SMILES string of the molecule is CCCCCC(=O)N(COP(=O)(OC)OC)C(Cc1ccc(OCc2coc(=O)o2)cc1)C(=O)NC(C(=O)NCCC(C)(CCC)C(N)=S)C(C)CC. The second-order valence-corrected chi connectivity index (χ2v) is 15.5. The minimum absolute atomic E-state index is 0.00593. The van der Waals surface area contributed by atoms with Crippen molar-refractivity contribution in [1.82, 2.24) is 15.5 Å². The molecule has 0 spiro atoms. The molecule has 17 heteroatoms. The highest BCUT2D eigenvalue weighted by atomic mass is 32.1. The molecule has 4 atom stereocenters. The maximum absolute atomic E-state index is 14.4. The van der Waals surface area contributed by atoms with E-state index in [1.165, 1.54) is 4.90 Å². The summed E-state index contributed by atoms with van der Waals surface area (Å²) in [5, 5.41) is 5.86. The number of phosphoric ester groups is 1. The van der Waals surface area contributed by atoms with E-state index in [1.54, 1.807) is 24.3 Å². The Balaban J connectivity index is 2.44. The lowest BCUT2D eigenvalue weighted by molar-refractivity contribution is -0.145. The van der Waals surface area contributed by atoms with Crippen molar-refractivity contribution >= 4 is 42.8 Å². The summed E-state index contributed by atoms with van der Waals surface area (Å²) in [6.45, 7) is 9.43. The molecule has 0 saturated heterocycles. The van der Waals surface area contributed by atoms with Gasteiger partial charge in [-0.05, 0) is 42.9 Å². The van der Waals surface area contributed by atoms with Crippen LogP contribution in [0.3, 0.4) is 0 Å². The first-order chi connectivity index (χ1) is 25.1. The Labute approximate surface area is 317 Å². The second-order valence-electron chi connectivity index (χ2n) is 13.2. The van der Waals surface area contributed by atoms with Crippen LogP contribution in [0.15, 0.2) is 44.2 Å². The summed E-state index contributed by atoms with van der Waals surface area (Å²) in [5.74, 6) is -1.89. The fourth-order valence-corrected chi connectivity index (χ4v) is 6.37. The average Bonchev–Trinajstić information content (AvgIpc) is 3.57. The number of phosphoric acid groups is 1. The fraction of sp³-hybridized carbons (Fsp3) is 0.639. The fourth-order valence-electron chi connectivity index (χ4n) is 5.54. The smallest absolute Gasteiger partial charge is 0.486 e. The number of nitrogens with two attached hydrogens (primary N) is 1. The van der Waals surface area contributed by atoms with Gasteiger partial charge in [-0.1, -0.05) is 84.7 Å². The van der Waals surface area contributed by atoms with Crippen molar-refractivity contribution < 1.29 is 46.1 Å². The number of nitrogens with one attached hydrogen (secondary N) is 2. The molecule has 0 radical (unpaired) electrons. The normalized spacial score (nSPS) is 14.4. The van der Waals surface area contributed by atoms with Gasteiger partial charge in [0.2, 0.25) is 17.7 Å². The third-order valence-electron chi connectivity index (χ3n) is 9.20. The van der Waals surface area contributed by atoms with Crippen molar-refractivity contribution in [3.8, 4) is 5.75 Å². The van der Waals surface area contributed by atoms with Gasteiger partial charge >= 0.3 is 13.6 Å². The molecule has 4 N–H and O–H groups in total. The van der Waals surface area contributed by atoms with Crippen molar-refractivity contribution in [2.45, 2.75) is 111 Å². The zero-order chi connectivity index (χ0) is 39.6. The molecular formula is C36H57N4O11PS. The van der Waals surface area contributed by atoms with Gasteiger partial charge in [0.05, 0.1) is 4.99 Å². The first kappa shape index (κ1) is 45.6. The molecule has 15 nitrogen and oxygen atoms in total. The van der Waals surface area contributed by atoms with Gasteiger partial charge in [-0.25, -0.2) is 9.36 Å². The summed E-state index contributed by atoms with van der Waals surface area (Å²) in [7, 11) is -1.77. The van der Waals surface area contributed by atoms with Gasteiger partial charge in [-0.3, -0.25) is 28.0 Å². The third kappa shape index (κ3) is 14.7. The molecule has 3 amide bonds. The maximum Gasteiger partial charge on any atom is 0.518 e. The molecule has 0 aliphatic heterocycles. The molecule has 0 saturated carbocycles. The first-order valence-corrected chi connectivity index (χ1v) is 19.8. The van der Waals surface area contributed by atoms with E-state index < -0.39 is 49.7 Å².